The van der Waals surface area contributed by atoms with Crippen molar-refractivity contribution in [3.05, 3.63) is 131 Å². The van der Waals surface area contributed by atoms with Gasteiger partial charge in [0.25, 0.3) is 5.91 Å². The van der Waals surface area contributed by atoms with E-state index < -0.39 is 0 Å². The van der Waals surface area contributed by atoms with Crippen molar-refractivity contribution in [2.45, 2.75) is 66.2 Å². The van der Waals surface area contributed by atoms with Crippen LogP contribution in [0.2, 0.25) is 0 Å². The van der Waals surface area contributed by atoms with Crippen LogP contribution in [0.5, 0.6) is 0 Å². The Bertz CT molecular complexity index is 2310. The van der Waals surface area contributed by atoms with Crippen LogP contribution in [0.4, 0.5) is 0 Å². The number of aryl methyl sites for hydroxylation is 4. The van der Waals surface area contributed by atoms with E-state index in [2.05, 4.69) is 130 Å². The number of hydrazine groups is 1. The van der Waals surface area contributed by atoms with Crippen molar-refractivity contribution < 1.29 is 11.0 Å². The van der Waals surface area contributed by atoms with Gasteiger partial charge in [-0.1, -0.05) is 126 Å². The topological polar surface area (TPSA) is 88.3 Å². The molecule has 4 heterocycles. The van der Waals surface area contributed by atoms with Crippen molar-refractivity contribution in [1.82, 2.24) is 34.4 Å². The Morgan fingerprint density at radius 2 is 0.842 bits per heavy atom. The van der Waals surface area contributed by atoms with Gasteiger partial charge in [-0.05, 0) is 59.8 Å². The Morgan fingerprint density at radius 3 is 1.26 bits per heavy atom. The average molecular weight is 764 g/mol. The van der Waals surface area contributed by atoms with E-state index in [1.165, 1.54) is 35.1 Å². The van der Waals surface area contributed by atoms with Crippen LogP contribution < -0.4 is 5.43 Å². The first kappa shape index (κ1) is 39.4. The summed E-state index contributed by atoms with van der Waals surface area (Å²) in [5, 5.41) is 2.01. The number of piperidine rings is 2. The Hall–Kier alpha value is -5.80. The number of amides is 2. The molecule has 2 aromatic heterocycles. The highest BCUT2D eigenvalue weighted by atomic mass is 16.2. The minimum Gasteiger partial charge on any atom is -0.336 e. The first-order chi connectivity index (χ1) is 27.6. The second-order valence-corrected chi connectivity index (χ2v) is 15.7. The number of benzene rings is 4. The summed E-state index contributed by atoms with van der Waals surface area (Å²) >= 11 is 0. The molecule has 1 N–H and O–H groups in total. The molecule has 9 heteroatoms. The van der Waals surface area contributed by atoms with E-state index in [1.54, 1.807) is 0 Å². The molecule has 0 saturated carbocycles. The van der Waals surface area contributed by atoms with E-state index in [4.69, 9.17) is 9.97 Å². The zero-order valence-electron chi connectivity index (χ0n) is 34.3. The molecule has 4 aromatic carbocycles. The maximum Gasteiger partial charge on any atom is 0.301 e. The van der Waals surface area contributed by atoms with Gasteiger partial charge in [0.05, 0.1) is 22.8 Å². The van der Waals surface area contributed by atoms with Crippen LogP contribution in [0.1, 0.15) is 83.4 Å². The minimum atomic E-state index is -0.152. The average Bonchev–Trinajstić information content (AvgIpc) is 3.76. The zero-order valence-corrected chi connectivity index (χ0v) is 34.3. The summed E-state index contributed by atoms with van der Waals surface area (Å²) in [5.41, 5.74) is 15.7. The smallest absolute Gasteiger partial charge is 0.301 e. The summed E-state index contributed by atoms with van der Waals surface area (Å²) in [6.45, 7) is 11.7. The molecule has 0 spiro atoms. The molecule has 57 heavy (non-hydrogen) atoms. The number of imidazole rings is 2. The zero-order chi connectivity index (χ0) is 40.1. The lowest BCUT2D eigenvalue weighted by Crippen LogP contribution is -2.45. The van der Waals surface area contributed by atoms with E-state index in [0.29, 0.717) is 11.6 Å². The van der Waals surface area contributed by atoms with Gasteiger partial charge < -0.3 is 14.0 Å². The van der Waals surface area contributed by atoms with Gasteiger partial charge in [0.15, 0.2) is 5.82 Å². The van der Waals surface area contributed by atoms with Crippen LogP contribution in [0, 0.1) is 27.7 Å². The highest BCUT2D eigenvalue weighted by Gasteiger charge is 2.27. The van der Waals surface area contributed by atoms with Gasteiger partial charge in [-0.3, -0.25) is 15.0 Å². The standard InChI is InChI=1S/C24H28N4O.C24H27N3O.H2/c1-17-7-11-19(12-8-17)21-22(20-13-9-18(2)10-14-20)27(3)23(25-21)24(29)26-28-15-5-4-6-16-28;1-17-7-11-19(12-8-17)21-22(20-13-9-18(2)10-14-20)26(3)23(25-21)24(28)27-15-5-4-6-16-27;/h7-14H,4-6,15-16H2,1-3H3,(H,26,29);7-14H,4-6,15-16H2,1-3H3;1H. The van der Waals surface area contributed by atoms with Crippen molar-refractivity contribution in [3.8, 4) is 45.0 Å². The molecular weight excluding hydrogens is 707 g/mol. The first-order valence-electron chi connectivity index (χ1n) is 20.3. The maximum absolute atomic E-state index is 13.2. The van der Waals surface area contributed by atoms with Gasteiger partial charge in [-0.25, -0.2) is 15.0 Å². The molecule has 0 atom stereocenters. The number of hydrogen-bond acceptors (Lipinski definition) is 5. The van der Waals surface area contributed by atoms with Gasteiger partial charge in [0.2, 0.25) is 5.82 Å². The largest absolute Gasteiger partial charge is 0.336 e. The lowest BCUT2D eigenvalue weighted by Gasteiger charge is -2.26. The number of hydrogen-bond donors (Lipinski definition) is 1. The Labute approximate surface area is 338 Å². The number of nitrogens with zero attached hydrogens (tertiary/aromatic N) is 6. The molecule has 2 aliphatic heterocycles. The molecule has 296 valence electrons. The van der Waals surface area contributed by atoms with Crippen molar-refractivity contribution >= 4 is 11.8 Å². The third-order valence-electron chi connectivity index (χ3n) is 11.1. The molecule has 2 fully saturated rings. The summed E-state index contributed by atoms with van der Waals surface area (Å²) in [4.78, 5) is 37.8. The fourth-order valence-corrected chi connectivity index (χ4v) is 7.74. The molecule has 0 unspecified atom stereocenters. The normalized spacial score (nSPS) is 14.5. The monoisotopic (exact) mass is 763 g/mol. The summed E-state index contributed by atoms with van der Waals surface area (Å²) < 4.78 is 3.88. The highest BCUT2D eigenvalue weighted by molar-refractivity contribution is 5.95. The summed E-state index contributed by atoms with van der Waals surface area (Å²) in [6.07, 6.45) is 6.81. The maximum atomic E-state index is 13.2. The van der Waals surface area contributed by atoms with Gasteiger partial charge in [-0.15, -0.1) is 0 Å². The molecule has 2 saturated heterocycles. The predicted octanol–water partition coefficient (Wildman–Crippen LogP) is 9.74. The van der Waals surface area contributed by atoms with Crippen LogP contribution in [0.25, 0.3) is 45.0 Å². The summed E-state index contributed by atoms with van der Waals surface area (Å²) in [6, 6.07) is 33.5. The Kier molecular flexibility index (Phi) is 12.1. The van der Waals surface area contributed by atoms with Crippen LogP contribution >= 0.6 is 0 Å². The van der Waals surface area contributed by atoms with Crippen molar-refractivity contribution in [1.29, 1.82) is 0 Å². The minimum absolute atomic E-state index is 0. The quantitative estimate of drug-likeness (QED) is 0.175. The number of carbonyl (C=O) groups excluding carboxylic acids is 2. The molecule has 0 aliphatic carbocycles. The first-order valence-corrected chi connectivity index (χ1v) is 20.3. The van der Waals surface area contributed by atoms with Crippen molar-refractivity contribution in [2.75, 3.05) is 26.2 Å². The number of aromatic nitrogens is 4. The van der Waals surface area contributed by atoms with E-state index in [9.17, 15) is 9.59 Å². The molecule has 6 aromatic rings. The van der Waals surface area contributed by atoms with E-state index >= 15 is 0 Å². The van der Waals surface area contributed by atoms with E-state index in [1.807, 2.05) is 33.1 Å². The van der Waals surface area contributed by atoms with E-state index in [0.717, 1.165) is 96.9 Å². The molecule has 9 nitrogen and oxygen atoms in total. The van der Waals surface area contributed by atoms with Gasteiger partial charge >= 0.3 is 5.91 Å². The van der Waals surface area contributed by atoms with Crippen LogP contribution in [0.3, 0.4) is 0 Å². The molecular formula is C48H57N7O2. The number of carbonyl (C=O) groups is 2. The van der Waals surface area contributed by atoms with Crippen molar-refractivity contribution in [3.63, 3.8) is 0 Å². The second kappa shape index (κ2) is 17.6. The predicted molar refractivity (Wildman–Crippen MR) is 232 cm³/mol. The van der Waals surface area contributed by atoms with Gasteiger partial charge in [0.1, 0.15) is 0 Å². The van der Waals surface area contributed by atoms with Gasteiger partial charge in [-0.2, -0.15) is 0 Å². The third-order valence-corrected chi connectivity index (χ3v) is 11.1. The lowest BCUT2D eigenvalue weighted by molar-refractivity contribution is 0.0706. The number of nitrogens with one attached hydrogen (secondary N) is 1. The SMILES string of the molecule is Cc1ccc(-c2nc(C(=O)N3CCCCC3)n(C)c2-c2ccc(C)cc2)cc1.Cc1ccc(-c2nc(C(=O)NN3CCCCC3)n(C)c2-c2ccc(C)cc2)cc1.[HH]. The Morgan fingerprint density at radius 1 is 0.491 bits per heavy atom. The molecule has 8 rings (SSSR count). The summed E-state index contributed by atoms with van der Waals surface area (Å²) in [7, 11) is 3.88. The van der Waals surface area contributed by atoms with Crippen LogP contribution in [-0.4, -0.2) is 67.0 Å². The van der Waals surface area contributed by atoms with Crippen molar-refractivity contribution in [2.24, 2.45) is 14.1 Å². The molecule has 0 bridgehead atoms. The molecule has 2 amide bonds. The third kappa shape index (κ3) is 8.94. The number of likely N-dealkylation sites (tertiary alicyclic amines) is 1. The lowest BCUT2D eigenvalue weighted by atomic mass is 10.0. The van der Waals surface area contributed by atoms with Gasteiger partial charge in [0, 0.05) is 64.0 Å². The fourth-order valence-electron chi connectivity index (χ4n) is 7.74. The second-order valence-electron chi connectivity index (χ2n) is 15.7. The molecule has 2 aliphatic rings. The van der Waals surface area contributed by atoms with Crippen LogP contribution in [-0.2, 0) is 14.1 Å². The molecule has 0 radical (unpaired) electrons. The number of rotatable bonds is 7. The fraction of sp³-hybridized carbons (Fsp3) is 0.333. The van der Waals surface area contributed by atoms with Crippen LogP contribution in [0.15, 0.2) is 97.1 Å². The summed E-state index contributed by atoms with van der Waals surface area (Å²) in [5.74, 6) is 0.838. The highest BCUT2D eigenvalue weighted by Crippen LogP contribution is 2.34. The van der Waals surface area contributed by atoms with E-state index in [-0.39, 0.29) is 13.2 Å². The Balaban J connectivity index is 0.000000192.